The largest absolute Gasteiger partial charge is 0.444 e. The Morgan fingerprint density at radius 3 is 2.25 bits per heavy atom. The first-order valence-corrected chi connectivity index (χ1v) is 10.5. The zero-order chi connectivity index (χ0) is 24.3. The van der Waals surface area contributed by atoms with Crippen LogP contribution in [0.15, 0.2) is 23.9 Å². The van der Waals surface area contributed by atoms with Crippen LogP contribution >= 0.6 is 0 Å². The number of alkyl halides is 3. The van der Waals surface area contributed by atoms with Crippen LogP contribution in [-0.2, 0) is 14.3 Å². The molecular formula is C21H31F3N4O4. The molecule has 0 radical (unpaired) electrons. The SMILES string of the molecule is CC(/C=C\C=C(/N)C(=O)NCC(=O)N1CCC2C1CCN2C(=O)OC(C)(C)C)C(F)(F)F. The van der Waals surface area contributed by atoms with E-state index >= 15 is 0 Å². The van der Waals surface area contributed by atoms with Gasteiger partial charge in [0.25, 0.3) is 5.91 Å². The number of nitrogens with two attached hydrogens (primary N) is 1. The minimum atomic E-state index is -4.37. The number of nitrogens with zero attached hydrogens (tertiary/aromatic N) is 2. The minimum absolute atomic E-state index is 0.129. The average molecular weight is 460 g/mol. The first-order valence-electron chi connectivity index (χ1n) is 10.5. The highest BCUT2D eigenvalue weighted by Crippen LogP contribution is 2.32. The number of hydrogen-bond donors (Lipinski definition) is 2. The Morgan fingerprint density at radius 2 is 1.69 bits per heavy atom. The predicted molar refractivity (Wildman–Crippen MR) is 111 cm³/mol. The summed E-state index contributed by atoms with van der Waals surface area (Å²) in [6.07, 6.45) is -0.541. The van der Waals surface area contributed by atoms with Crippen molar-refractivity contribution in [1.29, 1.82) is 0 Å². The number of allylic oxidation sites excluding steroid dienone is 3. The van der Waals surface area contributed by atoms with Crippen LogP contribution in [0, 0.1) is 5.92 Å². The third kappa shape index (κ3) is 6.64. The van der Waals surface area contributed by atoms with Gasteiger partial charge in [-0.3, -0.25) is 9.59 Å². The molecule has 8 nitrogen and oxygen atoms in total. The highest BCUT2D eigenvalue weighted by atomic mass is 19.4. The molecule has 2 rings (SSSR count). The van der Waals surface area contributed by atoms with Gasteiger partial charge < -0.3 is 25.6 Å². The van der Waals surface area contributed by atoms with Crippen LogP contribution in [0.5, 0.6) is 0 Å². The molecule has 3 unspecified atom stereocenters. The second-order valence-electron chi connectivity index (χ2n) is 8.99. The summed E-state index contributed by atoms with van der Waals surface area (Å²) in [5.41, 5.74) is 4.66. The fourth-order valence-corrected chi connectivity index (χ4v) is 3.71. The van der Waals surface area contributed by atoms with Crippen molar-refractivity contribution in [1.82, 2.24) is 15.1 Å². The summed E-state index contributed by atoms with van der Waals surface area (Å²) < 4.78 is 42.8. The van der Waals surface area contributed by atoms with E-state index in [2.05, 4.69) is 5.32 Å². The molecule has 180 valence electrons. The van der Waals surface area contributed by atoms with Gasteiger partial charge in [-0.1, -0.05) is 19.1 Å². The molecule has 0 aromatic carbocycles. The molecule has 3 amide bonds. The number of carbonyl (C=O) groups is 3. The molecule has 0 aliphatic carbocycles. The Hall–Kier alpha value is -2.72. The molecule has 2 fully saturated rings. The number of likely N-dealkylation sites (tertiary alicyclic amines) is 2. The number of ether oxygens (including phenoxy) is 1. The average Bonchev–Trinajstić information content (AvgIpc) is 3.25. The van der Waals surface area contributed by atoms with Gasteiger partial charge in [-0.15, -0.1) is 0 Å². The molecule has 0 saturated carbocycles. The van der Waals surface area contributed by atoms with Gasteiger partial charge >= 0.3 is 12.3 Å². The zero-order valence-electron chi connectivity index (χ0n) is 18.7. The second-order valence-corrected chi connectivity index (χ2v) is 8.99. The Morgan fingerprint density at radius 1 is 1.12 bits per heavy atom. The van der Waals surface area contributed by atoms with Gasteiger partial charge in [0, 0.05) is 13.1 Å². The molecule has 0 aromatic heterocycles. The van der Waals surface area contributed by atoms with Crippen molar-refractivity contribution in [2.75, 3.05) is 19.6 Å². The quantitative estimate of drug-likeness (QED) is 0.484. The first kappa shape index (κ1) is 25.5. The van der Waals surface area contributed by atoms with Crippen molar-refractivity contribution in [3.63, 3.8) is 0 Å². The first-order chi connectivity index (χ1) is 14.7. The molecule has 11 heteroatoms. The maximum absolute atomic E-state index is 12.6. The highest BCUT2D eigenvalue weighted by molar-refractivity contribution is 5.95. The molecular weight excluding hydrogens is 429 g/mol. The molecule has 32 heavy (non-hydrogen) atoms. The predicted octanol–water partition coefficient (Wildman–Crippen LogP) is 2.31. The van der Waals surface area contributed by atoms with Crippen LogP contribution in [0.3, 0.4) is 0 Å². The Balaban J connectivity index is 1.86. The van der Waals surface area contributed by atoms with Crippen LogP contribution < -0.4 is 11.1 Å². The van der Waals surface area contributed by atoms with E-state index in [9.17, 15) is 27.6 Å². The summed E-state index contributed by atoms with van der Waals surface area (Å²) in [4.78, 5) is 40.3. The molecule has 0 aromatic rings. The van der Waals surface area contributed by atoms with Crippen LogP contribution in [0.25, 0.3) is 0 Å². The van der Waals surface area contributed by atoms with E-state index in [-0.39, 0.29) is 30.2 Å². The normalized spacial score (nSPS) is 22.8. The van der Waals surface area contributed by atoms with Crippen LogP contribution in [0.1, 0.15) is 40.5 Å². The Labute approximate surface area is 185 Å². The van der Waals surface area contributed by atoms with Gasteiger partial charge in [-0.25, -0.2) is 4.79 Å². The van der Waals surface area contributed by atoms with E-state index in [0.29, 0.717) is 25.9 Å². The lowest BCUT2D eigenvalue weighted by Crippen LogP contribution is -2.46. The third-order valence-electron chi connectivity index (χ3n) is 5.38. The maximum atomic E-state index is 12.6. The Bertz CT molecular complexity index is 789. The topological polar surface area (TPSA) is 105 Å². The number of rotatable bonds is 5. The summed E-state index contributed by atoms with van der Waals surface area (Å²) in [6, 6.07) is -0.276. The fourth-order valence-electron chi connectivity index (χ4n) is 3.71. The van der Waals surface area contributed by atoms with Gasteiger partial charge in [0.15, 0.2) is 0 Å². The van der Waals surface area contributed by atoms with Gasteiger partial charge in [-0.05, 0) is 39.7 Å². The second kappa shape index (κ2) is 9.83. The van der Waals surface area contributed by atoms with Gasteiger partial charge in [-0.2, -0.15) is 13.2 Å². The summed E-state index contributed by atoms with van der Waals surface area (Å²) in [7, 11) is 0. The lowest BCUT2D eigenvalue weighted by Gasteiger charge is -2.28. The molecule has 3 atom stereocenters. The van der Waals surface area contributed by atoms with Gasteiger partial charge in [0.2, 0.25) is 5.91 Å². The molecule has 2 aliphatic heterocycles. The van der Waals surface area contributed by atoms with E-state index in [1.54, 1.807) is 30.6 Å². The van der Waals surface area contributed by atoms with E-state index in [1.165, 1.54) is 0 Å². The molecule has 2 heterocycles. The molecule has 0 spiro atoms. The lowest BCUT2D eigenvalue weighted by molar-refractivity contribution is -0.156. The lowest BCUT2D eigenvalue weighted by atomic mass is 10.1. The third-order valence-corrected chi connectivity index (χ3v) is 5.38. The number of amides is 3. The summed E-state index contributed by atoms with van der Waals surface area (Å²) in [6.45, 7) is 6.99. The zero-order valence-corrected chi connectivity index (χ0v) is 18.7. The number of halogens is 3. The van der Waals surface area contributed by atoms with E-state index in [1.807, 2.05) is 0 Å². The standard InChI is InChI=1S/C21H31F3N4O4/c1-13(21(22,23)24)6-5-7-14(25)18(30)26-12-17(29)27-10-8-16-15(27)9-11-28(16)19(31)32-20(2,3)4/h5-7,13,15-16H,8-12,25H2,1-4H3,(H,26,30)/b6-5-,14-7-. The summed E-state index contributed by atoms with van der Waals surface area (Å²) in [5, 5.41) is 2.39. The summed E-state index contributed by atoms with van der Waals surface area (Å²) in [5.74, 6) is -2.74. The molecule has 0 bridgehead atoms. The van der Waals surface area contributed by atoms with Crippen LogP contribution in [0.4, 0.5) is 18.0 Å². The maximum Gasteiger partial charge on any atom is 0.410 e. The summed E-state index contributed by atoms with van der Waals surface area (Å²) >= 11 is 0. The number of hydrogen-bond acceptors (Lipinski definition) is 5. The smallest absolute Gasteiger partial charge is 0.410 e. The van der Waals surface area contributed by atoms with Gasteiger partial charge in [0.05, 0.1) is 30.2 Å². The number of fused-ring (bicyclic) bond motifs is 1. The molecule has 3 N–H and O–H groups in total. The van der Waals surface area contributed by atoms with Crippen molar-refractivity contribution in [2.24, 2.45) is 11.7 Å². The van der Waals surface area contributed by atoms with Crippen LogP contribution in [-0.4, -0.2) is 71.2 Å². The number of carbonyl (C=O) groups excluding carboxylic acids is 3. The molecule has 2 aliphatic rings. The highest BCUT2D eigenvalue weighted by Gasteiger charge is 2.47. The fraction of sp³-hybridized carbons (Fsp3) is 0.667. The van der Waals surface area contributed by atoms with Gasteiger partial charge in [0.1, 0.15) is 5.60 Å². The van der Waals surface area contributed by atoms with Crippen molar-refractivity contribution >= 4 is 17.9 Å². The van der Waals surface area contributed by atoms with Crippen molar-refractivity contribution < 1.29 is 32.3 Å². The minimum Gasteiger partial charge on any atom is -0.444 e. The van der Waals surface area contributed by atoms with Crippen molar-refractivity contribution in [3.05, 3.63) is 23.9 Å². The van der Waals surface area contributed by atoms with Crippen molar-refractivity contribution in [3.8, 4) is 0 Å². The van der Waals surface area contributed by atoms with E-state index in [4.69, 9.17) is 10.5 Å². The monoisotopic (exact) mass is 460 g/mol. The Kier molecular flexibility index (Phi) is 7.84. The molecule has 2 saturated heterocycles. The van der Waals surface area contributed by atoms with E-state index in [0.717, 1.165) is 25.2 Å². The van der Waals surface area contributed by atoms with Crippen molar-refractivity contribution in [2.45, 2.75) is 64.4 Å². The van der Waals surface area contributed by atoms with Crippen LogP contribution in [0.2, 0.25) is 0 Å². The number of nitrogens with one attached hydrogen (secondary N) is 1. The van der Waals surface area contributed by atoms with E-state index < -0.39 is 29.7 Å².